The molecule has 3 rings (SSSR count). The third kappa shape index (κ3) is 1.30. The van der Waals surface area contributed by atoms with E-state index < -0.39 is 0 Å². The maximum atomic E-state index is 11.6. The van der Waals surface area contributed by atoms with Crippen LogP contribution in [0.15, 0.2) is 12.3 Å². The largest absolute Gasteiger partial charge is 0.493 e. The Morgan fingerprint density at radius 2 is 2.11 bits per heavy atom. The Morgan fingerprint density at radius 1 is 1.33 bits per heavy atom. The van der Waals surface area contributed by atoms with Gasteiger partial charge in [0.15, 0.2) is 11.5 Å². The number of hydrogen-bond donors (Lipinski definition) is 1. The number of ether oxygens (including phenoxy) is 2. The summed E-state index contributed by atoms with van der Waals surface area (Å²) in [6.07, 6.45) is 2.37. The van der Waals surface area contributed by atoms with Gasteiger partial charge in [0.1, 0.15) is 0 Å². The molecule has 18 heavy (non-hydrogen) atoms. The summed E-state index contributed by atoms with van der Waals surface area (Å²) in [5.74, 6) is 1.32. The summed E-state index contributed by atoms with van der Waals surface area (Å²) in [4.78, 5) is 11.6. The molecule has 0 bridgehead atoms. The number of aromatic nitrogens is 1. The third-order valence-electron chi connectivity index (χ3n) is 3.29. The third-order valence-corrected chi connectivity index (χ3v) is 3.29. The molecule has 0 aliphatic carbocycles. The van der Waals surface area contributed by atoms with E-state index in [4.69, 9.17) is 9.47 Å². The van der Waals surface area contributed by atoms with Gasteiger partial charge < -0.3 is 19.4 Å². The molecular formula is C13H14N2O3. The van der Waals surface area contributed by atoms with Crippen molar-refractivity contribution in [2.24, 2.45) is 7.05 Å². The van der Waals surface area contributed by atoms with E-state index in [0.29, 0.717) is 17.9 Å². The molecule has 0 radical (unpaired) electrons. The van der Waals surface area contributed by atoms with E-state index >= 15 is 0 Å². The number of methoxy groups -OCH3 is 2. The second-order valence-corrected chi connectivity index (χ2v) is 4.37. The zero-order chi connectivity index (χ0) is 12.9. The summed E-state index contributed by atoms with van der Waals surface area (Å²) in [6, 6.07) is 1.81. The summed E-state index contributed by atoms with van der Waals surface area (Å²) in [7, 11) is 5.15. The molecule has 1 aliphatic heterocycles. The lowest BCUT2D eigenvalue weighted by atomic mass is 10.0. The van der Waals surface area contributed by atoms with Crippen LogP contribution >= 0.6 is 0 Å². The van der Waals surface area contributed by atoms with Crippen LogP contribution in [0.5, 0.6) is 11.5 Å². The Morgan fingerprint density at radius 3 is 2.78 bits per heavy atom. The number of aryl methyl sites for hydroxylation is 1. The van der Waals surface area contributed by atoms with Crippen molar-refractivity contribution in [3.8, 4) is 11.5 Å². The molecular weight excluding hydrogens is 232 g/mol. The SMILES string of the molecule is COc1cc2c3c(cn(C)c3c1OC)CC(=O)N2. The Bertz CT molecular complexity index is 658. The van der Waals surface area contributed by atoms with E-state index in [0.717, 1.165) is 22.2 Å². The number of carbonyl (C=O) groups excluding carboxylic acids is 1. The van der Waals surface area contributed by atoms with Crippen molar-refractivity contribution in [1.82, 2.24) is 4.57 Å². The van der Waals surface area contributed by atoms with Crippen LogP contribution in [-0.4, -0.2) is 24.7 Å². The molecule has 1 N–H and O–H groups in total. The molecule has 94 valence electrons. The van der Waals surface area contributed by atoms with Crippen LogP contribution in [0.1, 0.15) is 5.56 Å². The second kappa shape index (κ2) is 3.66. The first-order chi connectivity index (χ1) is 8.65. The van der Waals surface area contributed by atoms with Crippen molar-refractivity contribution in [2.75, 3.05) is 19.5 Å². The number of benzene rings is 1. The molecule has 1 aromatic carbocycles. The van der Waals surface area contributed by atoms with Gasteiger partial charge in [-0.05, 0) is 5.56 Å². The Labute approximate surface area is 104 Å². The summed E-state index contributed by atoms with van der Waals surface area (Å²) in [6.45, 7) is 0. The molecule has 1 amide bonds. The van der Waals surface area contributed by atoms with E-state index in [1.165, 1.54) is 0 Å². The zero-order valence-electron chi connectivity index (χ0n) is 10.5. The molecule has 0 saturated carbocycles. The van der Waals surface area contributed by atoms with Gasteiger partial charge in [0, 0.05) is 24.7 Å². The Kier molecular flexibility index (Phi) is 2.23. The van der Waals surface area contributed by atoms with Crippen molar-refractivity contribution in [2.45, 2.75) is 6.42 Å². The minimum absolute atomic E-state index is 0.00206. The van der Waals surface area contributed by atoms with Crippen molar-refractivity contribution < 1.29 is 14.3 Å². The van der Waals surface area contributed by atoms with E-state index in [-0.39, 0.29) is 5.91 Å². The first kappa shape index (κ1) is 11.0. The Balaban J connectivity index is 2.44. The fraction of sp³-hybridized carbons (Fsp3) is 0.308. The quantitative estimate of drug-likeness (QED) is 0.877. The maximum absolute atomic E-state index is 11.6. The fourth-order valence-electron chi connectivity index (χ4n) is 2.60. The molecule has 5 heteroatoms. The average Bonchev–Trinajstić information content (AvgIpc) is 2.66. The van der Waals surface area contributed by atoms with Gasteiger partial charge in [-0.2, -0.15) is 0 Å². The predicted molar refractivity (Wildman–Crippen MR) is 68.4 cm³/mol. The zero-order valence-corrected chi connectivity index (χ0v) is 10.5. The van der Waals surface area contributed by atoms with Gasteiger partial charge in [-0.15, -0.1) is 0 Å². The van der Waals surface area contributed by atoms with Gasteiger partial charge in [-0.1, -0.05) is 0 Å². The lowest BCUT2D eigenvalue weighted by molar-refractivity contribution is -0.115. The van der Waals surface area contributed by atoms with Gasteiger partial charge in [0.2, 0.25) is 5.91 Å². The number of nitrogens with one attached hydrogen (secondary N) is 1. The number of amides is 1. The Hall–Kier alpha value is -2.17. The number of rotatable bonds is 2. The van der Waals surface area contributed by atoms with E-state index in [1.807, 2.05) is 23.9 Å². The van der Waals surface area contributed by atoms with Crippen molar-refractivity contribution in [3.63, 3.8) is 0 Å². The van der Waals surface area contributed by atoms with E-state index in [9.17, 15) is 4.79 Å². The highest BCUT2D eigenvalue weighted by Gasteiger charge is 2.25. The number of carbonyl (C=O) groups is 1. The molecule has 0 spiro atoms. The van der Waals surface area contributed by atoms with Crippen LogP contribution in [-0.2, 0) is 18.3 Å². The standard InChI is InChI=1S/C13H14N2O3/c1-15-6-7-4-10(16)14-8-5-9(17-2)13(18-3)12(15)11(7)8/h5-6H,4H2,1-3H3,(H,14,16). The molecule has 0 fully saturated rings. The maximum Gasteiger partial charge on any atom is 0.228 e. The van der Waals surface area contributed by atoms with Gasteiger partial charge in [-0.25, -0.2) is 0 Å². The normalized spacial score (nSPS) is 13.6. The number of anilines is 1. The van der Waals surface area contributed by atoms with Gasteiger partial charge in [-0.3, -0.25) is 4.79 Å². The van der Waals surface area contributed by atoms with Crippen LogP contribution in [0.2, 0.25) is 0 Å². The number of nitrogens with zero attached hydrogens (tertiary/aromatic N) is 1. The van der Waals surface area contributed by atoms with Crippen LogP contribution in [0.25, 0.3) is 10.9 Å². The summed E-state index contributed by atoms with van der Waals surface area (Å²) >= 11 is 0. The summed E-state index contributed by atoms with van der Waals surface area (Å²) in [5.41, 5.74) is 2.75. The first-order valence-corrected chi connectivity index (χ1v) is 5.68. The highest BCUT2D eigenvalue weighted by Crippen LogP contribution is 2.43. The molecule has 0 saturated heterocycles. The lowest BCUT2D eigenvalue weighted by Crippen LogP contribution is -2.18. The molecule has 2 heterocycles. The van der Waals surface area contributed by atoms with Crippen molar-refractivity contribution in [3.05, 3.63) is 17.8 Å². The number of hydrogen-bond acceptors (Lipinski definition) is 3. The predicted octanol–water partition coefficient (Wildman–Crippen LogP) is 1.69. The van der Waals surface area contributed by atoms with Crippen LogP contribution in [0.3, 0.4) is 0 Å². The van der Waals surface area contributed by atoms with E-state index in [2.05, 4.69) is 5.32 Å². The first-order valence-electron chi connectivity index (χ1n) is 5.68. The molecule has 0 atom stereocenters. The van der Waals surface area contributed by atoms with Gasteiger partial charge in [0.25, 0.3) is 0 Å². The molecule has 1 aromatic heterocycles. The topological polar surface area (TPSA) is 52.5 Å². The second-order valence-electron chi connectivity index (χ2n) is 4.37. The van der Waals surface area contributed by atoms with Crippen molar-refractivity contribution in [1.29, 1.82) is 0 Å². The highest BCUT2D eigenvalue weighted by atomic mass is 16.5. The van der Waals surface area contributed by atoms with Crippen LogP contribution in [0.4, 0.5) is 5.69 Å². The monoisotopic (exact) mass is 246 g/mol. The van der Waals surface area contributed by atoms with Gasteiger partial charge >= 0.3 is 0 Å². The summed E-state index contributed by atoms with van der Waals surface area (Å²) < 4.78 is 12.7. The smallest absolute Gasteiger partial charge is 0.228 e. The minimum Gasteiger partial charge on any atom is -0.493 e. The fourth-order valence-corrected chi connectivity index (χ4v) is 2.60. The highest BCUT2D eigenvalue weighted by molar-refractivity contribution is 6.11. The molecule has 2 aromatic rings. The molecule has 1 aliphatic rings. The summed E-state index contributed by atoms with van der Waals surface area (Å²) in [5, 5.41) is 3.91. The van der Waals surface area contributed by atoms with Crippen LogP contribution in [0, 0.1) is 0 Å². The average molecular weight is 246 g/mol. The van der Waals surface area contributed by atoms with Crippen molar-refractivity contribution >= 4 is 22.5 Å². The minimum atomic E-state index is 0.00206. The van der Waals surface area contributed by atoms with Crippen LogP contribution < -0.4 is 14.8 Å². The molecule has 0 unspecified atom stereocenters. The lowest BCUT2D eigenvalue weighted by Gasteiger charge is -2.17. The molecule has 5 nitrogen and oxygen atoms in total. The van der Waals surface area contributed by atoms with Gasteiger partial charge in [0.05, 0.1) is 31.8 Å². The van der Waals surface area contributed by atoms with E-state index in [1.54, 1.807) is 14.2 Å².